The second kappa shape index (κ2) is 11.4. The number of alkyl halides is 3. The first-order valence-corrected chi connectivity index (χ1v) is 14.2. The Morgan fingerprint density at radius 2 is 1.82 bits per heavy atom. The van der Waals surface area contributed by atoms with E-state index in [1.54, 1.807) is 52.7 Å². The van der Waals surface area contributed by atoms with Crippen LogP contribution in [0.3, 0.4) is 0 Å². The molecule has 44 heavy (non-hydrogen) atoms. The normalized spacial score (nSPS) is 13.6. The Balaban J connectivity index is 1.46. The van der Waals surface area contributed by atoms with Crippen molar-refractivity contribution >= 4 is 22.4 Å². The summed E-state index contributed by atoms with van der Waals surface area (Å²) in [7, 11) is 5.41. The molecule has 0 bridgehead atoms. The molecule has 0 fully saturated rings. The first-order valence-electron chi connectivity index (χ1n) is 14.2. The number of likely N-dealkylation sites (N-methyl/N-ethyl adjacent to an activating group) is 1. The Bertz CT molecular complexity index is 1850. The molecule has 1 amide bonds. The molecule has 228 valence electrons. The van der Waals surface area contributed by atoms with Gasteiger partial charge in [0.15, 0.2) is 5.69 Å². The maximum atomic E-state index is 14.3. The molecule has 0 atom stereocenters. The lowest BCUT2D eigenvalue weighted by Crippen LogP contribution is -2.38. The summed E-state index contributed by atoms with van der Waals surface area (Å²) in [5.74, 6) is 0.380. The highest BCUT2D eigenvalue weighted by Gasteiger charge is 2.39. The minimum absolute atomic E-state index is 0.0491. The maximum Gasteiger partial charge on any atom is 0.435 e. The van der Waals surface area contributed by atoms with Gasteiger partial charge in [0.2, 0.25) is 0 Å². The molecule has 6 rings (SSSR count). The second-order valence-corrected chi connectivity index (χ2v) is 11.3. The predicted octanol–water partition coefficient (Wildman–Crippen LogP) is 5.35. The summed E-state index contributed by atoms with van der Waals surface area (Å²) in [5, 5.41) is 5.33. The lowest BCUT2D eigenvalue weighted by Gasteiger charge is -2.31. The fourth-order valence-corrected chi connectivity index (χ4v) is 5.74. The van der Waals surface area contributed by atoms with Crippen LogP contribution >= 0.6 is 0 Å². The number of rotatable bonds is 8. The number of aromatic nitrogens is 5. The maximum absolute atomic E-state index is 14.3. The molecule has 0 aliphatic carbocycles. The van der Waals surface area contributed by atoms with Crippen LogP contribution in [0.2, 0.25) is 0 Å². The molecule has 9 nitrogen and oxygen atoms in total. The number of halogens is 3. The van der Waals surface area contributed by atoms with Crippen molar-refractivity contribution in [1.29, 1.82) is 0 Å². The lowest BCUT2D eigenvalue weighted by molar-refractivity contribution is -0.140. The largest absolute Gasteiger partial charge is 0.492 e. The van der Waals surface area contributed by atoms with Crippen LogP contribution in [0, 0.1) is 6.92 Å². The summed E-state index contributed by atoms with van der Waals surface area (Å²) in [5.41, 5.74) is 2.51. The first kappa shape index (κ1) is 29.4. The van der Waals surface area contributed by atoms with E-state index in [1.807, 2.05) is 38.1 Å². The zero-order valence-electron chi connectivity index (χ0n) is 24.9. The Labute approximate surface area is 252 Å². The number of amides is 1. The van der Waals surface area contributed by atoms with Crippen LogP contribution in [0.5, 0.6) is 5.75 Å². The number of fused-ring (bicyclic) bond motifs is 2. The van der Waals surface area contributed by atoms with Crippen molar-refractivity contribution in [2.45, 2.75) is 26.1 Å². The van der Waals surface area contributed by atoms with E-state index in [9.17, 15) is 18.0 Å². The highest BCUT2D eigenvalue weighted by molar-refractivity contribution is 6.13. The van der Waals surface area contributed by atoms with Gasteiger partial charge in [-0.15, -0.1) is 0 Å². The van der Waals surface area contributed by atoms with Crippen molar-refractivity contribution in [2.75, 3.05) is 38.7 Å². The third kappa shape index (κ3) is 5.64. The summed E-state index contributed by atoms with van der Waals surface area (Å²) in [6, 6.07) is 7.46. The van der Waals surface area contributed by atoms with Gasteiger partial charge in [-0.05, 0) is 74.0 Å². The molecule has 0 radical (unpaired) electrons. The molecule has 3 aromatic heterocycles. The molecule has 5 aromatic rings. The fraction of sp³-hybridized carbons (Fsp3) is 0.312. The smallest absolute Gasteiger partial charge is 0.435 e. The third-order valence-corrected chi connectivity index (χ3v) is 7.73. The summed E-state index contributed by atoms with van der Waals surface area (Å²) in [4.78, 5) is 26.5. The summed E-state index contributed by atoms with van der Waals surface area (Å²) < 4.78 is 51.4. The van der Waals surface area contributed by atoms with Gasteiger partial charge in [-0.3, -0.25) is 14.5 Å². The van der Waals surface area contributed by atoms with Gasteiger partial charge < -0.3 is 19.1 Å². The molecule has 0 saturated heterocycles. The second-order valence-electron chi connectivity index (χ2n) is 11.3. The van der Waals surface area contributed by atoms with Crippen molar-refractivity contribution in [3.63, 3.8) is 0 Å². The summed E-state index contributed by atoms with van der Waals surface area (Å²) in [6.45, 7) is 3.80. The van der Waals surface area contributed by atoms with Gasteiger partial charge in [-0.2, -0.15) is 18.3 Å². The Morgan fingerprint density at radius 1 is 1.02 bits per heavy atom. The van der Waals surface area contributed by atoms with Gasteiger partial charge in [0, 0.05) is 73.4 Å². The quantitative estimate of drug-likeness (QED) is 0.238. The van der Waals surface area contributed by atoms with Crippen molar-refractivity contribution in [3.05, 3.63) is 89.5 Å². The van der Waals surface area contributed by atoms with Crippen LogP contribution in [0.25, 0.3) is 21.9 Å². The average molecular weight is 604 g/mol. The molecule has 0 unspecified atom stereocenters. The molecule has 4 heterocycles. The summed E-state index contributed by atoms with van der Waals surface area (Å²) in [6.07, 6.45) is 5.47. The molecule has 2 aromatic carbocycles. The Morgan fingerprint density at radius 3 is 2.55 bits per heavy atom. The number of hydrogen-bond donors (Lipinski definition) is 0. The van der Waals surface area contributed by atoms with Crippen LogP contribution in [0.1, 0.15) is 32.7 Å². The average Bonchev–Trinajstić information content (AvgIpc) is 3.62. The van der Waals surface area contributed by atoms with Crippen LogP contribution in [-0.4, -0.2) is 68.9 Å². The zero-order chi connectivity index (χ0) is 31.2. The molecular formula is C32H32F3N7O2. The van der Waals surface area contributed by atoms with Crippen molar-refractivity contribution in [1.82, 2.24) is 29.2 Å². The van der Waals surface area contributed by atoms with E-state index in [4.69, 9.17) is 4.74 Å². The fourth-order valence-electron chi connectivity index (χ4n) is 5.74. The Hall–Kier alpha value is -4.71. The molecule has 0 spiro atoms. The molecule has 1 aliphatic heterocycles. The van der Waals surface area contributed by atoms with Gasteiger partial charge in [-0.25, -0.2) is 4.98 Å². The number of anilines is 1. The van der Waals surface area contributed by atoms with Gasteiger partial charge in [0.1, 0.15) is 12.4 Å². The topological polar surface area (TPSA) is 81.3 Å². The van der Waals surface area contributed by atoms with Crippen LogP contribution < -0.4 is 9.64 Å². The van der Waals surface area contributed by atoms with Gasteiger partial charge >= 0.3 is 6.18 Å². The Kier molecular flexibility index (Phi) is 7.62. The lowest BCUT2D eigenvalue weighted by atomic mass is 9.87. The molecular weight excluding hydrogens is 571 g/mol. The van der Waals surface area contributed by atoms with Crippen LogP contribution in [0.4, 0.5) is 18.9 Å². The number of benzene rings is 2. The van der Waals surface area contributed by atoms with Crippen LogP contribution in [0.15, 0.2) is 61.6 Å². The van der Waals surface area contributed by atoms with Crippen molar-refractivity contribution in [3.8, 4) is 16.9 Å². The number of nitrogens with zero attached hydrogens (tertiary/aromatic N) is 7. The molecule has 1 aliphatic rings. The van der Waals surface area contributed by atoms with E-state index in [0.717, 1.165) is 27.6 Å². The highest BCUT2D eigenvalue weighted by Crippen LogP contribution is 2.41. The van der Waals surface area contributed by atoms with Crippen LogP contribution in [-0.2, 0) is 26.2 Å². The zero-order valence-corrected chi connectivity index (χ0v) is 24.9. The van der Waals surface area contributed by atoms with Gasteiger partial charge in [-0.1, -0.05) is 0 Å². The van der Waals surface area contributed by atoms with E-state index >= 15 is 0 Å². The van der Waals surface area contributed by atoms with E-state index in [1.165, 1.54) is 13.2 Å². The predicted molar refractivity (Wildman–Crippen MR) is 161 cm³/mol. The van der Waals surface area contributed by atoms with Gasteiger partial charge in [0.05, 0.1) is 18.2 Å². The monoisotopic (exact) mass is 603 g/mol. The number of imidazole rings is 1. The van der Waals surface area contributed by atoms with Crippen molar-refractivity contribution in [2.24, 2.45) is 7.05 Å². The number of pyridine rings is 1. The van der Waals surface area contributed by atoms with E-state index in [0.29, 0.717) is 53.3 Å². The molecule has 12 heteroatoms. The highest BCUT2D eigenvalue weighted by atomic mass is 19.4. The van der Waals surface area contributed by atoms with E-state index in [2.05, 4.69) is 15.1 Å². The SMILES string of the molecule is Cc1cc(OCCN(C)C)c2cncc(N3CCc4c(cc(Cn5ccnc5)cc4-c4cn(C)nc4C(F)(F)F)C3=O)c2c1. The molecule has 0 saturated carbocycles. The minimum Gasteiger partial charge on any atom is -0.492 e. The number of ether oxygens (including phenoxy) is 1. The minimum atomic E-state index is -4.66. The first-order chi connectivity index (χ1) is 21.0. The van der Waals surface area contributed by atoms with E-state index in [-0.39, 0.29) is 18.0 Å². The van der Waals surface area contributed by atoms with Gasteiger partial charge in [0.25, 0.3) is 5.91 Å². The number of hydrogen-bond acceptors (Lipinski definition) is 6. The number of carbonyl (C=O) groups is 1. The number of aryl methyl sites for hydroxylation is 2. The van der Waals surface area contributed by atoms with Crippen molar-refractivity contribution < 1.29 is 22.7 Å². The number of carbonyl (C=O) groups excluding carboxylic acids is 1. The standard InChI is InChI=1S/C32H32F3N7O2/c1-20-11-24-26(29(12-20)44-10-9-39(2)3)15-37-16-28(24)42-7-5-22-23(27-18-40(4)38-30(27)32(33,34)35)13-21(14-25(22)31(42)43)17-41-8-6-36-19-41/h6,8,11-16,18-19H,5,7,9-10,17H2,1-4H3. The molecule has 0 N–H and O–H groups in total. The summed E-state index contributed by atoms with van der Waals surface area (Å²) >= 11 is 0. The van der Waals surface area contributed by atoms with E-state index < -0.39 is 11.9 Å². The third-order valence-electron chi connectivity index (χ3n) is 7.73.